The van der Waals surface area contributed by atoms with E-state index in [0.717, 1.165) is 12.1 Å². The highest BCUT2D eigenvalue weighted by Crippen LogP contribution is 2.65. The monoisotopic (exact) mass is 657 g/mol. The zero-order chi connectivity index (χ0) is 33.4. The number of benzene rings is 3. The van der Waals surface area contributed by atoms with Gasteiger partial charge in [-0.15, -0.1) is 0 Å². The van der Waals surface area contributed by atoms with Crippen molar-refractivity contribution in [1.82, 2.24) is 9.91 Å². The van der Waals surface area contributed by atoms with Gasteiger partial charge in [-0.3, -0.25) is 24.6 Å². The summed E-state index contributed by atoms with van der Waals surface area (Å²) in [5, 5.41) is 12.9. The number of ether oxygens (including phenoxy) is 1. The van der Waals surface area contributed by atoms with Gasteiger partial charge in [0, 0.05) is 16.5 Å². The Bertz CT molecular complexity index is 1900. The molecule has 0 bridgehead atoms. The van der Waals surface area contributed by atoms with E-state index in [1.165, 1.54) is 24.3 Å². The van der Waals surface area contributed by atoms with Gasteiger partial charge in [0.15, 0.2) is 0 Å². The Morgan fingerprint density at radius 1 is 0.979 bits per heavy atom. The van der Waals surface area contributed by atoms with E-state index < -0.39 is 70.5 Å². The minimum absolute atomic E-state index is 0.0150. The fourth-order valence-corrected chi connectivity index (χ4v) is 8.31. The first-order valence-corrected chi connectivity index (χ1v) is 15.5. The van der Waals surface area contributed by atoms with E-state index in [1.54, 1.807) is 49.4 Å². The molecule has 3 aromatic rings. The maximum atomic E-state index is 15.0. The summed E-state index contributed by atoms with van der Waals surface area (Å²) in [5.74, 6) is -7.88. The first-order valence-electron chi connectivity index (χ1n) is 15.1. The van der Waals surface area contributed by atoms with Crippen molar-refractivity contribution in [3.05, 3.63) is 106 Å². The van der Waals surface area contributed by atoms with E-state index in [4.69, 9.17) is 16.3 Å². The number of phenolic OH excluding ortho intramolecular Hbond substituents is 1. The number of nitrogens with zero attached hydrogens (tertiary/aromatic N) is 2. The number of methoxy groups -OCH3 is 1. The van der Waals surface area contributed by atoms with E-state index in [9.17, 15) is 28.7 Å². The van der Waals surface area contributed by atoms with Gasteiger partial charge in [-0.2, -0.15) is 9.91 Å². The lowest BCUT2D eigenvalue weighted by molar-refractivity contribution is -0.140. The molecule has 0 aromatic heterocycles. The number of para-hydroxylation sites is 1. The van der Waals surface area contributed by atoms with Crippen LogP contribution in [0, 0.1) is 36.4 Å². The number of nitrogens with one attached hydrogen (secondary N) is 1. The fourth-order valence-electron chi connectivity index (χ4n) is 8.19. The summed E-state index contributed by atoms with van der Waals surface area (Å²) < 4.78 is 18.5. The molecule has 12 heteroatoms. The molecular weight excluding hydrogens is 629 g/mol. The molecule has 2 heterocycles. The summed E-state index contributed by atoms with van der Waals surface area (Å²) in [4.78, 5) is 69.9. The number of carbonyl (C=O) groups excluding carboxylic acids is 5. The third kappa shape index (κ3) is 4.32. The lowest BCUT2D eigenvalue weighted by Gasteiger charge is -2.50. The van der Waals surface area contributed by atoms with Crippen molar-refractivity contribution in [3.8, 4) is 5.75 Å². The number of imide groups is 4. The highest BCUT2D eigenvalue weighted by Gasteiger charge is 2.71. The van der Waals surface area contributed by atoms with Crippen LogP contribution >= 0.6 is 11.6 Å². The molecule has 0 radical (unpaired) electrons. The number of phenols is 1. The summed E-state index contributed by atoms with van der Waals surface area (Å²) >= 11 is 6.29. The molecule has 3 aromatic carbocycles. The van der Waals surface area contributed by atoms with Crippen LogP contribution in [-0.4, -0.2) is 51.8 Å². The van der Waals surface area contributed by atoms with E-state index in [2.05, 4.69) is 5.43 Å². The van der Waals surface area contributed by atoms with E-state index in [1.807, 2.05) is 6.08 Å². The second-order valence-corrected chi connectivity index (χ2v) is 12.8. The molecule has 6 atom stereocenters. The Morgan fingerprint density at radius 2 is 1.68 bits per heavy atom. The fraction of sp³-hybridized carbons (Fsp3) is 0.286. The Morgan fingerprint density at radius 3 is 2.36 bits per heavy atom. The molecule has 4 aliphatic rings. The minimum Gasteiger partial charge on any atom is -0.507 e. The predicted molar refractivity (Wildman–Crippen MR) is 166 cm³/mol. The average molecular weight is 658 g/mol. The SMILES string of the molecule is COC(=O)N1C(=O)[C@H]2[C@H](CC=C3[C@H]2C[C@H]2C(=O)N(Nc4ccc(F)cc4)C(=O)[C@@]2(c2ccc(Cl)cc2)[C@H]3c2cccc(C)c2O)C1=O. The van der Waals surface area contributed by atoms with Crippen LogP contribution in [0.2, 0.25) is 5.02 Å². The topological polar surface area (TPSA) is 133 Å². The van der Waals surface area contributed by atoms with E-state index in [-0.39, 0.29) is 24.3 Å². The van der Waals surface area contributed by atoms with Crippen molar-refractivity contribution >= 4 is 47.0 Å². The lowest BCUT2D eigenvalue weighted by Crippen LogP contribution is -2.53. The number of rotatable bonds is 4. The number of hydrogen-bond acceptors (Lipinski definition) is 8. The predicted octanol–water partition coefficient (Wildman–Crippen LogP) is 5.24. The maximum Gasteiger partial charge on any atom is 0.423 e. The Labute approximate surface area is 273 Å². The Balaban J connectivity index is 1.47. The van der Waals surface area contributed by atoms with Crippen molar-refractivity contribution in [2.24, 2.45) is 23.7 Å². The molecule has 240 valence electrons. The number of halogens is 2. The average Bonchev–Trinajstić information content (AvgIpc) is 3.44. The number of fused-ring (bicyclic) bond motifs is 4. The first kappa shape index (κ1) is 30.6. The second-order valence-electron chi connectivity index (χ2n) is 12.4. The molecule has 10 nitrogen and oxygen atoms in total. The van der Waals surface area contributed by atoms with Crippen LogP contribution in [0.5, 0.6) is 5.75 Å². The van der Waals surface area contributed by atoms with Gasteiger partial charge in [-0.05, 0) is 73.2 Å². The quantitative estimate of drug-likeness (QED) is 0.287. The Kier molecular flexibility index (Phi) is 7.20. The third-order valence-corrected chi connectivity index (χ3v) is 10.4. The van der Waals surface area contributed by atoms with Crippen molar-refractivity contribution in [3.63, 3.8) is 0 Å². The second kappa shape index (κ2) is 11.0. The number of aromatic hydroxyl groups is 1. The highest BCUT2D eigenvalue weighted by atomic mass is 35.5. The van der Waals surface area contributed by atoms with Gasteiger partial charge >= 0.3 is 6.09 Å². The molecule has 1 saturated carbocycles. The van der Waals surface area contributed by atoms with Crippen molar-refractivity contribution in [2.75, 3.05) is 12.5 Å². The van der Waals surface area contributed by atoms with Crippen LogP contribution in [0.1, 0.15) is 35.4 Å². The van der Waals surface area contributed by atoms with Gasteiger partial charge in [0.1, 0.15) is 11.6 Å². The number of hydrazine groups is 1. The summed E-state index contributed by atoms with van der Waals surface area (Å²) in [6, 6.07) is 16.9. The molecule has 2 saturated heterocycles. The van der Waals surface area contributed by atoms with Crippen LogP contribution in [-0.2, 0) is 29.3 Å². The normalized spacial score (nSPS) is 28.1. The van der Waals surface area contributed by atoms with Gasteiger partial charge in [0.25, 0.3) is 11.8 Å². The number of hydrogen-bond donors (Lipinski definition) is 2. The lowest BCUT2D eigenvalue weighted by atomic mass is 9.49. The molecule has 5 amide bonds. The summed E-state index contributed by atoms with van der Waals surface area (Å²) in [6.07, 6.45) is 0.806. The number of aryl methyl sites for hydroxylation is 1. The molecule has 2 aliphatic carbocycles. The number of allylic oxidation sites excluding steroid dienone is 2. The standard InChI is InChI=1S/C35H29ClFN3O7/c1-17-4-3-5-24(29(17)41)28-22-14-15-23-27(32(44)39(30(23)42)34(46)47-2)25(22)16-26-31(43)40(38-21-12-10-20(37)11-13-21)33(45)35(26,28)18-6-8-19(36)9-7-18/h3-14,23,25-28,38,41H,15-16H2,1-2H3/t23-,25+,26-,27-,28+,35+/m0/s1. The third-order valence-electron chi connectivity index (χ3n) is 10.2. The van der Waals surface area contributed by atoms with Crippen LogP contribution in [0.3, 0.4) is 0 Å². The van der Waals surface area contributed by atoms with E-state index in [0.29, 0.717) is 32.2 Å². The molecule has 2 aliphatic heterocycles. The van der Waals surface area contributed by atoms with E-state index >= 15 is 4.79 Å². The van der Waals surface area contributed by atoms with Gasteiger partial charge in [-0.25, -0.2) is 9.18 Å². The molecule has 47 heavy (non-hydrogen) atoms. The zero-order valence-corrected chi connectivity index (χ0v) is 26.0. The maximum absolute atomic E-state index is 15.0. The van der Waals surface area contributed by atoms with Gasteiger partial charge in [0.05, 0.1) is 36.0 Å². The summed E-state index contributed by atoms with van der Waals surface area (Å²) in [6.45, 7) is 1.72. The smallest absolute Gasteiger partial charge is 0.423 e. The molecule has 0 spiro atoms. The summed E-state index contributed by atoms with van der Waals surface area (Å²) in [5.41, 5.74) is 3.49. The van der Waals surface area contributed by atoms with Crippen molar-refractivity contribution in [2.45, 2.75) is 31.1 Å². The highest BCUT2D eigenvalue weighted by molar-refractivity contribution is 6.30. The molecule has 2 N–H and O–H groups in total. The van der Waals surface area contributed by atoms with Crippen LogP contribution in [0.15, 0.2) is 78.4 Å². The number of anilines is 1. The first-order chi connectivity index (χ1) is 22.5. The molecular formula is C35H29ClFN3O7. The zero-order valence-electron chi connectivity index (χ0n) is 25.3. The van der Waals surface area contributed by atoms with Gasteiger partial charge in [0.2, 0.25) is 11.8 Å². The number of carbonyl (C=O) groups is 5. The Hall–Kier alpha value is -5.03. The van der Waals surface area contributed by atoms with Crippen LogP contribution in [0.4, 0.5) is 14.9 Å². The van der Waals surface area contributed by atoms with Crippen LogP contribution in [0.25, 0.3) is 0 Å². The van der Waals surface area contributed by atoms with Crippen molar-refractivity contribution < 1.29 is 38.2 Å². The summed E-state index contributed by atoms with van der Waals surface area (Å²) in [7, 11) is 1.08. The molecule has 0 unspecified atom stereocenters. The molecule has 7 rings (SSSR count). The largest absolute Gasteiger partial charge is 0.507 e. The minimum atomic E-state index is -1.64. The van der Waals surface area contributed by atoms with Crippen molar-refractivity contribution in [1.29, 1.82) is 0 Å². The van der Waals surface area contributed by atoms with Gasteiger partial charge in [-0.1, -0.05) is 53.6 Å². The number of amides is 5. The van der Waals surface area contributed by atoms with Gasteiger partial charge < -0.3 is 9.84 Å². The molecule has 3 fully saturated rings. The number of likely N-dealkylation sites (tertiary alicyclic amines) is 1. The van der Waals surface area contributed by atoms with Crippen LogP contribution < -0.4 is 5.43 Å².